The number of nitro groups is 1. The molecule has 1 aliphatic heterocycles. The van der Waals surface area contributed by atoms with Crippen molar-refractivity contribution >= 4 is 11.6 Å². The van der Waals surface area contributed by atoms with Crippen molar-refractivity contribution in [2.45, 2.75) is 38.6 Å². The molecule has 102 valence electrons. The van der Waals surface area contributed by atoms with E-state index in [9.17, 15) is 14.9 Å². The van der Waals surface area contributed by atoms with E-state index in [0.29, 0.717) is 12.5 Å². The van der Waals surface area contributed by atoms with Crippen LogP contribution in [0.1, 0.15) is 31.7 Å². The number of carbonyl (C=O) groups excluding carboxylic acids is 1. The summed E-state index contributed by atoms with van der Waals surface area (Å²) in [6.45, 7) is 2.90. The molecular formula is C14H18N2O3. The molecule has 0 aliphatic carbocycles. The van der Waals surface area contributed by atoms with Crippen molar-refractivity contribution < 1.29 is 9.72 Å². The van der Waals surface area contributed by atoms with Gasteiger partial charge in [-0.25, -0.2) is 0 Å². The Morgan fingerprint density at radius 2 is 2.05 bits per heavy atom. The van der Waals surface area contributed by atoms with Crippen molar-refractivity contribution in [3.8, 4) is 0 Å². The minimum Gasteiger partial charge on any atom is -0.340 e. The van der Waals surface area contributed by atoms with E-state index in [-0.39, 0.29) is 11.6 Å². The summed E-state index contributed by atoms with van der Waals surface area (Å²) >= 11 is 0. The quantitative estimate of drug-likeness (QED) is 0.621. The molecular weight excluding hydrogens is 244 g/mol. The second kappa shape index (κ2) is 5.82. The second-order valence-electron chi connectivity index (χ2n) is 5.03. The molecule has 1 amide bonds. The second-order valence-corrected chi connectivity index (χ2v) is 5.03. The largest absolute Gasteiger partial charge is 0.340 e. The lowest BCUT2D eigenvalue weighted by Crippen LogP contribution is -2.42. The predicted molar refractivity (Wildman–Crippen MR) is 71.8 cm³/mol. The van der Waals surface area contributed by atoms with Crippen LogP contribution in [0.3, 0.4) is 0 Å². The van der Waals surface area contributed by atoms with Gasteiger partial charge in [-0.2, -0.15) is 0 Å². The van der Waals surface area contributed by atoms with Crippen LogP contribution in [0.4, 0.5) is 5.69 Å². The highest BCUT2D eigenvalue weighted by Crippen LogP contribution is 2.18. The molecule has 0 aromatic heterocycles. The van der Waals surface area contributed by atoms with Crippen LogP contribution in [-0.4, -0.2) is 28.3 Å². The van der Waals surface area contributed by atoms with Gasteiger partial charge in [-0.1, -0.05) is 12.1 Å². The molecule has 0 spiro atoms. The van der Waals surface area contributed by atoms with Crippen LogP contribution in [0.15, 0.2) is 24.3 Å². The van der Waals surface area contributed by atoms with E-state index in [1.807, 2.05) is 4.90 Å². The van der Waals surface area contributed by atoms with Gasteiger partial charge in [0.1, 0.15) is 0 Å². The molecule has 1 fully saturated rings. The molecule has 5 heteroatoms. The van der Waals surface area contributed by atoms with Crippen LogP contribution < -0.4 is 0 Å². The maximum Gasteiger partial charge on any atom is 0.269 e. The SMILES string of the molecule is CC1CCCCN1C(=O)Cc1ccc([N+](=O)[O-])cc1. The van der Waals surface area contributed by atoms with E-state index >= 15 is 0 Å². The van der Waals surface area contributed by atoms with E-state index in [0.717, 1.165) is 24.9 Å². The number of amides is 1. The van der Waals surface area contributed by atoms with Crippen molar-refractivity contribution in [1.82, 2.24) is 4.90 Å². The Bertz CT molecular complexity index is 470. The Hall–Kier alpha value is -1.91. The molecule has 1 aliphatic rings. The lowest BCUT2D eigenvalue weighted by Gasteiger charge is -2.33. The summed E-state index contributed by atoms with van der Waals surface area (Å²) in [6, 6.07) is 6.51. The van der Waals surface area contributed by atoms with Gasteiger partial charge < -0.3 is 4.90 Å². The molecule has 2 rings (SSSR count). The number of hydrogen-bond acceptors (Lipinski definition) is 3. The number of benzene rings is 1. The van der Waals surface area contributed by atoms with Gasteiger partial charge in [-0.15, -0.1) is 0 Å². The van der Waals surface area contributed by atoms with Gasteiger partial charge in [-0.05, 0) is 31.7 Å². The molecule has 0 N–H and O–H groups in total. The van der Waals surface area contributed by atoms with Crippen molar-refractivity contribution in [2.75, 3.05) is 6.54 Å². The Balaban J connectivity index is 2.00. The fraction of sp³-hybridized carbons (Fsp3) is 0.500. The van der Waals surface area contributed by atoms with Crippen molar-refractivity contribution in [3.05, 3.63) is 39.9 Å². The first-order valence-electron chi connectivity index (χ1n) is 6.60. The smallest absolute Gasteiger partial charge is 0.269 e. The summed E-state index contributed by atoms with van der Waals surface area (Å²) < 4.78 is 0. The minimum absolute atomic E-state index is 0.0579. The Kier molecular flexibility index (Phi) is 4.14. The van der Waals surface area contributed by atoms with Gasteiger partial charge in [0.05, 0.1) is 11.3 Å². The summed E-state index contributed by atoms with van der Waals surface area (Å²) in [6.07, 6.45) is 3.63. The van der Waals surface area contributed by atoms with Gasteiger partial charge in [0.2, 0.25) is 5.91 Å². The third-order valence-corrected chi connectivity index (χ3v) is 3.63. The van der Waals surface area contributed by atoms with Crippen molar-refractivity contribution in [3.63, 3.8) is 0 Å². The zero-order chi connectivity index (χ0) is 13.8. The number of carbonyl (C=O) groups is 1. The highest BCUT2D eigenvalue weighted by atomic mass is 16.6. The fourth-order valence-corrected chi connectivity index (χ4v) is 2.48. The van der Waals surface area contributed by atoms with Gasteiger partial charge in [0.15, 0.2) is 0 Å². The van der Waals surface area contributed by atoms with Gasteiger partial charge in [0, 0.05) is 24.7 Å². The fourth-order valence-electron chi connectivity index (χ4n) is 2.48. The van der Waals surface area contributed by atoms with Crippen LogP contribution in [0.25, 0.3) is 0 Å². The summed E-state index contributed by atoms with van der Waals surface area (Å²) in [5.41, 5.74) is 0.885. The molecule has 1 unspecified atom stereocenters. The average molecular weight is 262 g/mol. The van der Waals surface area contributed by atoms with E-state index in [4.69, 9.17) is 0 Å². The predicted octanol–water partition coefficient (Wildman–Crippen LogP) is 2.54. The number of hydrogen-bond donors (Lipinski definition) is 0. The average Bonchev–Trinajstić information content (AvgIpc) is 2.39. The first kappa shape index (κ1) is 13.5. The first-order valence-corrected chi connectivity index (χ1v) is 6.60. The monoisotopic (exact) mass is 262 g/mol. The summed E-state index contributed by atoms with van der Waals surface area (Å²) in [7, 11) is 0. The molecule has 0 radical (unpaired) electrons. The number of non-ortho nitro benzene ring substituents is 1. The molecule has 1 aromatic carbocycles. The lowest BCUT2D eigenvalue weighted by molar-refractivity contribution is -0.384. The van der Waals surface area contributed by atoms with Crippen molar-refractivity contribution in [2.24, 2.45) is 0 Å². The van der Waals surface area contributed by atoms with E-state index in [1.54, 1.807) is 12.1 Å². The van der Waals surface area contributed by atoms with Crippen LogP contribution >= 0.6 is 0 Å². The van der Waals surface area contributed by atoms with Gasteiger partial charge in [0.25, 0.3) is 5.69 Å². The highest BCUT2D eigenvalue weighted by molar-refractivity contribution is 5.79. The summed E-state index contributed by atoms with van der Waals surface area (Å²) in [5, 5.41) is 10.6. The summed E-state index contributed by atoms with van der Waals surface area (Å²) in [4.78, 5) is 24.2. The maximum absolute atomic E-state index is 12.2. The van der Waals surface area contributed by atoms with E-state index in [1.165, 1.54) is 18.6 Å². The maximum atomic E-state index is 12.2. The Morgan fingerprint density at radius 1 is 1.37 bits per heavy atom. The van der Waals surface area contributed by atoms with Crippen LogP contribution in [0.2, 0.25) is 0 Å². The molecule has 1 aromatic rings. The third kappa shape index (κ3) is 3.30. The first-order chi connectivity index (χ1) is 9.08. The molecule has 0 saturated carbocycles. The normalized spacial score (nSPS) is 19.2. The van der Waals surface area contributed by atoms with Crippen molar-refractivity contribution in [1.29, 1.82) is 0 Å². The third-order valence-electron chi connectivity index (χ3n) is 3.63. The Labute approximate surface area is 112 Å². The number of likely N-dealkylation sites (tertiary alicyclic amines) is 1. The standard InChI is InChI=1S/C14H18N2O3/c1-11-4-2-3-9-15(11)14(17)10-12-5-7-13(8-6-12)16(18)19/h5-8,11H,2-4,9-10H2,1H3. The molecule has 5 nitrogen and oxygen atoms in total. The molecule has 0 bridgehead atoms. The zero-order valence-electron chi connectivity index (χ0n) is 11.0. The lowest BCUT2D eigenvalue weighted by atomic mass is 10.0. The van der Waals surface area contributed by atoms with Crippen LogP contribution in [-0.2, 0) is 11.2 Å². The molecule has 1 atom stereocenters. The molecule has 19 heavy (non-hydrogen) atoms. The van der Waals surface area contributed by atoms with Crippen LogP contribution in [0, 0.1) is 10.1 Å². The summed E-state index contributed by atoms with van der Waals surface area (Å²) in [5.74, 6) is 0.112. The highest BCUT2D eigenvalue weighted by Gasteiger charge is 2.23. The molecule has 1 heterocycles. The topological polar surface area (TPSA) is 63.5 Å². The minimum atomic E-state index is -0.432. The van der Waals surface area contributed by atoms with E-state index < -0.39 is 4.92 Å². The number of piperidine rings is 1. The van der Waals surface area contributed by atoms with Crippen LogP contribution in [0.5, 0.6) is 0 Å². The number of rotatable bonds is 3. The van der Waals surface area contributed by atoms with Gasteiger partial charge in [-0.3, -0.25) is 14.9 Å². The van der Waals surface area contributed by atoms with Gasteiger partial charge >= 0.3 is 0 Å². The van der Waals surface area contributed by atoms with E-state index in [2.05, 4.69) is 6.92 Å². The molecule has 1 saturated heterocycles. The Morgan fingerprint density at radius 3 is 2.63 bits per heavy atom. The number of nitro benzene ring substituents is 1. The zero-order valence-corrected chi connectivity index (χ0v) is 11.0. The number of nitrogens with zero attached hydrogens (tertiary/aromatic N) is 2.